The molecule has 0 N–H and O–H groups in total. The van der Waals surface area contributed by atoms with Crippen molar-refractivity contribution in [2.75, 3.05) is 11.4 Å². The van der Waals surface area contributed by atoms with Crippen molar-refractivity contribution in [2.45, 2.75) is 77.3 Å². The molecule has 2 atom stereocenters. The molecule has 0 bridgehead atoms. The van der Waals surface area contributed by atoms with Crippen LogP contribution in [0.3, 0.4) is 0 Å². The molecule has 1 aliphatic heterocycles. The van der Waals surface area contributed by atoms with Gasteiger partial charge in [-0.3, -0.25) is 0 Å². The molecule has 5 aromatic rings. The minimum Gasteiger partial charge on any atom is -0.364 e. The van der Waals surface area contributed by atoms with Gasteiger partial charge in [-0.25, -0.2) is 0 Å². The summed E-state index contributed by atoms with van der Waals surface area (Å²) < 4.78 is 2.54. The second-order valence-corrected chi connectivity index (χ2v) is 12.6. The largest absolute Gasteiger partial charge is 0.364 e. The fourth-order valence-corrected chi connectivity index (χ4v) is 7.82. The highest BCUT2D eigenvalue weighted by Crippen LogP contribution is 2.43. The molecule has 0 spiro atoms. The zero-order chi connectivity index (χ0) is 29.2. The molecule has 2 aliphatic rings. The molecule has 0 saturated heterocycles. The first-order valence-corrected chi connectivity index (χ1v) is 16.4. The van der Waals surface area contributed by atoms with Gasteiger partial charge in [0.1, 0.15) is 0 Å². The molecular formula is C41H44N2. The van der Waals surface area contributed by atoms with Gasteiger partial charge in [-0.05, 0) is 105 Å². The molecule has 1 aliphatic carbocycles. The summed E-state index contributed by atoms with van der Waals surface area (Å²) in [5, 5.41) is 2.74. The van der Waals surface area contributed by atoms with E-state index in [9.17, 15) is 0 Å². The Bertz CT molecular complexity index is 1750. The van der Waals surface area contributed by atoms with Crippen molar-refractivity contribution in [3.63, 3.8) is 0 Å². The minimum atomic E-state index is 0.460. The van der Waals surface area contributed by atoms with Gasteiger partial charge in [-0.15, -0.1) is 0 Å². The monoisotopic (exact) mass is 564 g/mol. The quantitative estimate of drug-likeness (QED) is 0.121. The Morgan fingerprint density at radius 1 is 0.605 bits per heavy atom. The summed E-state index contributed by atoms with van der Waals surface area (Å²) in [5.74, 6) is 0.489. The maximum atomic E-state index is 2.67. The number of aryl methyl sites for hydroxylation is 3. The molecule has 7 rings (SSSR count). The van der Waals surface area contributed by atoms with E-state index in [1.165, 1.54) is 82.7 Å². The number of unbranched alkanes of at least 4 members (excludes halogenated alkanes) is 2. The Balaban J connectivity index is 1.00. The van der Waals surface area contributed by atoms with Crippen molar-refractivity contribution in [2.24, 2.45) is 0 Å². The van der Waals surface area contributed by atoms with Crippen LogP contribution < -0.4 is 4.90 Å². The molecule has 2 heterocycles. The van der Waals surface area contributed by atoms with Crippen LogP contribution in [0.5, 0.6) is 0 Å². The Kier molecular flexibility index (Phi) is 7.94. The SMILES string of the molecule is Cc1ccc(C)c(CCCCn2c3ccccc3c3ccccc32)c1CCCCN1c2ccccc2C2C=CCC=CC21. The smallest absolute Gasteiger partial charge is 0.0577 e. The average Bonchev–Trinajstić information content (AvgIpc) is 3.38. The number of hydrogen-bond donors (Lipinski definition) is 0. The van der Waals surface area contributed by atoms with Gasteiger partial charge in [0, 0.05) is 46.5 Å². The van der Waals surface area contributed by atoms with Crippen LogP contribution in [0.2, 0.25) is 0 Å². The summed E-state index contributed by atoms with van der Waals surface area (Å²) in [6, 6.07) is 32.0. The first-order valence-electron chi connectivity index (χ1n) is 16.4. The molecule has 43 heavy (non-hydrogen) atoms. The Morgan fingerprint density at radius 3 is 1.88 bits per heavy atom. The van der Waals surface area contributed by atoms with E-state index in [2.05, 4.69) is 133 Å². The summed E-state index contributed by atoms with van der Waals surface area (Å²) >= 11 is 0. The highest BCUT2D eigenvalue weighted by molar-refractivity contribution is 6.07. The molecule has 2 heteroatoms. The third kappa shape index (κ3) is 5.33. The van der Waals surface area contributed by atoms with Gasteiger partial charge in [0.2, 0.25) is 0 Å². The van der Waals surface area contributed by atoms with Gasteiger partial charge in [0.25, 0.3) is 0 Å². The lowest BCUT2D eigenvalue weighted by Crippen LogP contribution is -2.32. The first kappa shape index (κ1) is 27.8. The topological polar surface area (TPSA) is 8.17 Å². The normalized spacial score (nSPS) is 17.5. The second-order valence-electron chi connectivity index (χ2n) is 12.6. The zero-order valence-electron chi connectivity index (χ0n) is 25.8. The number of aromatic nitrogens is 1. The number of benzene rings is 4. The van der Waals surface area contributed by atoms with E-state index in [4.69, 9.17) is 0 Å². The van der Waals surface area contributed by atoms with E-state index in [0.29, 0.717) is 12.0 Å². The van der Waals surface area contributed by atoms with E-state index in [1.54, 1.807) is 11.1 Å². The van der Waals surface area contributed by atoms with Gasteiger partial charge < -0.3 is 9.47 Å². The van der Waals surface area contributed by atoms with E-state index in [1.807, 2.05) is 0 Å². The minimum absolute atomic E-state index is 0.460. The van der Waals surface area contributed by atoms with Crippen molar-refractivity contribution in [3.05, 3.63) is 137 Å². The third-order valence-corrected chi connectivity index (χ3v) is 10.00. The van der Waals surface area contributed by atoms with Gasteiger partial charge in [-0.1, -0.05) is 91.0 Å². The summed E-state index contributed by atoms with van der Waals surface area (Å²) in [7, 11) is 0. The van der Waals surface area contributed by atoms with Crippen LogP contribution in [0.15, 0.2) is 109 Å². The van der Waals surface area contributed by atoms with E-state index in [0.717, 1.165) is 19.5 Å². The van der Waals surface area contributed by atoms with Crippen molar-refractivity contribution >= 4 is 27.5 Å². The van der Waals surface area contributed by atoms with Gasteiger partial charge in [0.15, 0.2) is 0 Å². The fraction of sp³-hybridized carbons (Fsp3) is 0.317. The molecular weight excluding hydrogens is 520 g/mol. The fourth-order valence-electron chi connectivity index (χ4n) is 7.82. The van der Waals surface area contributed by atoms with Gasteiger partial charge in [0.05, 0.1) is 6.04 Å². The lowest BCUT2D eigenvalue weighted by atomic mass is 9.90. The van der Waals surface area contributed by atoms with Crippen LogP contribution in [-0.4, -0.2) is 17.2 Å². The second kappa shape index (κ2) is 12.3. The lowest BCUT2D eigenvalue weighted by Gasteiger charge is -2.27. The third-order valence-electron chi connectivity index (χ3n) is 10.00. The number of para-hydroxylation sites is 3. The predicted molar refractivity (Wildman–Crippen MR) is 184 cm³/mol. The van der Waals surface area contributed by atoms with Gasteiger partial charge >= 0.3 is 0 Å². The number of nitrogens with zero attached hydrogens (tertiary/aromatic N) is 2. The molecule has 0 saturated carbocycles. The van der Waals surface area contributed by atoms with Crippen LogP contribution in [0, 0.1) is 13.8 Å². The van der Waals surface area contributed by atoms with Crippen LogP contribution in [-0.2, 0) is 19.4 Å². The predicted octanol–water partition coefficient (Wildman–Crippen LogP) is 10.2. The summed E-state index contributed by atoms with van der Waals surface area (Å²) in [6.07, 6.45) is 17.8. The Morgan fingerprint density at radius 2 is 1.19 bits per heavy atom. The highest BCUT2D eigenvalue weighted by Gasteiger charge is 2.35. The molecule has 0 radical (unpaired) electrons. The molecule has 0 fully saturated rings. The average molecular weight is 565 g/mol. The molecule has 2 nitrogen and oxygen atoms in total. The van der Waals surface area contributed by atoms with Crippen LogP contribution >= 0.6 is 0 Å². The summed E-state index contributed by atoms with van der Waals surface area (Å²) in [6.45, 7) is 6.82. The maximum Gasteiger partial charge on any atom is 0.0577 e. The van der Waals surface area contributed by atoms with Crippen LogP contribution in [0.4, 0.5) is 5.69 Å². The first-order chi connectivity index (χ1) is 21.2. The van der Waals surface area contributed by atoms with Crippen molar-refractivity contribution in [1.29, 1.82) is 0 Å². The molecule has 1 aromatic heterocycles. The van der Waals surface area contributed by atoms with E-state index < -0.39 is 0 Å². The highest BCUT2D eigenvalue weighted by atomic mass is 15.2. The lowest BCUT2D eigenvalue weighted by molar-refractivity contribution is 0.624. The summed E-state index contributed by atoms with van der Waals surface area (Å²) in [4.78, 5) is 2.67. The standard InChI is InChI=1S/C41H44N2/c1-30-26-27-31(2)33(17-13-15-29-43-40-24-10-7-20-36(40)37-21-8-11-25-41(37)43)32(30)16-12-14-28-42-38-22-5-3-4-18-34(38)35-19-6-9-23-39(35)42/h4-11,18-27,34,38H,3,12-17,28-29H2,1-2H3. The Hall–Kier alpha value is -4.04. The molecule has 218 valence electrons. The van der Waals surface area contributed by atoms with Gasteiger partial charge in [-0.2, -0.15) is 0 Å². The number of fused-ring (bicyclic) bond motifs is 6. The number of hydrogen-bond acceptors (Lipinski definition) is 1. The van der Waals surface area contributed by atoms with E-state index in [-0.39, 0.29) is 0 Å². The number of anilines is 1. The van der Waals surface area contributed by atoms with Crippen LogP contribution in [0.25, 0.3) is 21.8 Å². The molecule has 2 unspecified atom stereocenters. The maximum absolute atomic E-state index is 2.67. The zero-order valence-corrected chi connectivity index (χ0v) is 25.8. The van der Waals surface area contributed by atoms with Crippen LogP contribution in [0.1, 0.15) is 65.8 Å². The van der Waals surface area contributed by atoms with Crippen molar-refractivity contribution in [3.8, 4) is 0 Å². The number of allylic oxidation sites excluding steroid dienone is 2. The van der Waals surface area contributed by atoms with E-state index >= 15 is 0 Å². The molecule has 4 aromatic carbocycles. The summed E-state index contributed by atoms with van der Waals surface area (Å²) in [5.41, 5.74) is 11.8. The molecule has 0 amide bonds. The Labute approximate surface area is 257 Å². The van der Waals surface area contributed by atoms with Crippen molar-refractivity contribution < 1.29 is 0 Å². The van der Waals surface area contributed by atoms with Crippen molar-refractivity contribution in [1.82, 2.24) is 4.57 Å². The number of rotatable bonds is 10.